The monoisotopic (exact) mass is 263 g/mol. The Kier molecular flexibility index (Phi) is 3.99. The second-order valence-electron chi connectivity index (χ2n) is 4.83. The number of nitrogens with zero attached hydrogens (tertiary/aromatic N) is 2. The second-order valence-corrected chi connectivity index (χ2v) is 4.83. The molecule has 1 aliphatic rings. The molecule has 6 nitrogen and oxygen atoms in total. The number of nitrogens with one attached hydrogen (secondary N) is 1. The first-order chi connectivity index (χ1) is 9.08. The van der Waals surface area contributed by atoms with Crippen LogP contribution in [-0.4, -0.2) is 40.1 Å². The number of carbonyl (C=O) groups is 2. The number of carbonyl (C=O) groups excluding carboxylic acids is 1. The standard InChI is InChI=1S/C13H17N3O3/c1-9-3-6-16(7-4-9)13(19)15-11-8-14-5-2-10(11)12(17)18/h2,5,8-9H,3-4,6-7H2,1H3,(H,15,19)(H,17,18). The zero-order chi connectivity index (χ0) is 13.8. The normalized spacial score (nSPS) is 16.2. The van der Waals surface area contributed by atoms with Crippen LogP contribution in [0.3, 0.4) is 0 Å². The molecule has 0 bridgehead atoms. The van der Waals surface area contributed by atoms with Crippen LogP contribution >= 0.6 is 0 Å². The summed E-state index contributed by atoms with van der Waals surface area (Å²) in [5, 5.41) is 11.7. The maximum atomic E-state index is 12.0. The van der Waals surface area contributed by atoms with E-state index in [1.165, 1.54) is 18.5 Å². The average Bonchev–Trinajstić information content (AvgIpc) is 2.39. The molecule has 19 heavy (non-hydrogen) atoms. The summed E-state index contributed by atoms with van der Waals surface area (Å²) >= 11 is 0. The van der Waals surface area contributed by atoms with E-state index in [0.717, 1.165) is 12.8 Å². The summed E-state index contributed by atoms with van der Waals surface area (Å²) in [6, 6.07) is 1.11. The Bertz CT molecular complexity index is 482. The molecule has 0 aromatic carbocycles. The maximum Gasteiger partial charge on any atom is 0.337 e. The van der Waals surface area contributed by atoms with Crippen molar-refractivity contribution in [3.63, 3.8) is 0 Å². The molecule has 1 aromatic rings. The van der Waals surface area contributed by atoms with Gasteiger partial charge in [0, 0.05) is 19.3 Å². The van der Waals surface area contributed by atoms with Crippen LogP contribution < -0.4 is 5.32 Å². The van der Waals surface area contributed by atoms with Crippen LogP contribution in [0.15, 0.2) is 18.5 Å². The predicted molar refractivity (Wildman–Crippen MR) is 70.2 cm³/mol. The minimum Gasteiger partial charge on any atom is -0.478 e. The van der Waals surface area contributed by atoms with E-state index in [1.807, 2.05) is 0 Å². The number of hydrogen-bond donors (Lipinski definition) is 2. The summed E-state index contributed by atoms with van der Waals surface area (Å²) in [5.74, 6) is -0.443. The summed E-state index contributed by atoms with van der Waals surface area (Å²) < 4.78 is 0. The molecule has 0 spiro atoms. The molecule has 6 heteroatoms. The van der Waals surface area contributed by atoms with E-state index in [4.69, 9.17) is 5.11 Å². The van der Waals surface area contributed by atoms with Gasteiger partial charge in [0.2, 0.25) is 0 Å². The molecule has 2 heterocycles. The number of aromatic carboxylic acids is 1. The van der Waals surface area contributed by atoms with Crippen LogP contribution in [-0.2, 0) is 0 Å². The minimum absolute atomic E-state index is 0.0497. The minimum atomic E-state index is -1.08. The van der Waals surface area contributed by atoms with Gasteiger partial charge in [0.1, 0.15) is 0 Å². The highest BCUT2D eigenvalue weighted by Gasteiger charge is 2.21. The van der Waals surface area contributed by atoms with E-state index in [2.05, 4.69) is 17.2 Å². The molecule has 1 fully saturated rings. The number of hydrogen-bond acceptors (Lipinski definition) is 3. The van der Waals surface area contributed by atoms with E-state index in [1.54, 1.807) is 4.90 Å². The number of urea groups is 1. The summed E-state index contributed by atoms with van der Waals surface area (Å²) in [6.07, 6.45) is 4.70. The third-order valence-electron chi connectivity index (χ3n) is 3.36. The van der Waals surface area contributed by atoms with Crippen LogP contribution in [0, 0.1) is 5.92 Å². The number of carboxylic acids is 1. The molecule has 2 amide bonds. The van der Waals surface area contributed by atoms with Gasteiger partial charge in [-0.1, -0.05) is 6.92 Å². The van der Waals surface area contributed by atoms with Crippen LogP contribution in [0.4, 0.5) is 10.5 Å². The Morgan fingerprint density at radius 2 is 2.11 bits per heavy atom. The van der Waals surface area contributed by atoms with Crippen LogP contribution in [0.5, 0.6) is 0 Å². The van der Waals surface area contributed by atoms with E-state index in [0.29, 0.717) is 19.0 Å². The van der Waals surface area contributed by atoms with Gasteiger partial charge in [0.25, 0.3) is 0 Å². The van der Waals surface area contributed by atoms with Gasteiger partial charge >= 0.3 is 12.0 Å². The van der Waals surface area contributed by atoms with Gasteiger partial charge in [-0.15, -0.1) is 0 Å². The molecule has 1 aliphatic heterocycles. The lowest BCUT2D eigenvalue weighted by Gasteiger charge is -2.30. The van der Waals surface area contributed by atoms with Crippen LogP contribution in [0.1, 0.15) is 30.1 Å². The number of likely N-dealkylation sites (tertiary alicyclic amines) is 1. The number of pyridine rings is 1. The Morgan fingerprint density at radius 3 is 2.74 bits per heavy atom. The topological polar surface area (TPSA) is 82.5 Å². The Morgan fingerprint density at radius 1 is 1.42 bits per heavy atom. The lowest BCUT2D eigenvalue weighted by Crippen LogP contribution is -2.40. The molecule has 0 saturated carbocycles. The number of carboxylic acid groups (broad SMARTS) is 1. The number of rotatable bonds is 2. The molecule has 1 saturated heterocycles. The summed E-state index contributed by atoms with van der Waals surface area (Å²) in [7, 11) is 0. The van der Waals surface area contributed by atoms with Crippen molar-refractivity contribution < 1.29 is 14.7 Å². The van der Waals surface area contributed by atoms with E-state index in [9.17, 15) is 9.59 Å². The fourth-order valence-electron chi connectivity index (χ4n) is 2.09. The highest BCUT2D eigenvalue weighted by Crippen LogP contribution is 2.18. The Labute approximate surface area is 111 Å². The molecular weight excluding hydrogens is 246 g/mol. The summed E-state index contributed by atoms with van der Waals surface area (Å²) in [6.45, 7) is 3.57. The van der Waals surface area contributed by atoms with Crippen molar-refractivity contribution in [3.8, 4) is 0 Å². The Hall–Kier alpha value is -2.11. The van der Waals surface area contributed by atoms with Gasteiger partial charge in [-0.25, -0.2) is 9.59 Å². The molecule has 102 valence electrons. The number of piperidine rings is 1. The molecule has 0 unspecified atom stereocenters. The third kappa shape index (κ3) is 3.21. The molecular formula is C13H17N3O3. The van der Waals surface area contributed by atoms with Crippen molar-refractivity contribution >= 4 is 17.7 Å². The van der Waals surface area contributed by atoms with E-state index < -0.39 is 5.97 Å². The molecule has 0 radical (unpaired) electrons. The van der Waals surface area contributed by atoms with Crippen molar-refractivity contribution in [3.05, 3.63) is 24.0 Å². The van der Waals surface area contributed by atoms with Crippen LogP contribution in [0.2, 0.25) is 0 Å². The van der Waals surface area contributed by atoms with Crippen molar-refractivity contribution in [1.29, 1.82) is 0 Å². The SMILES string of the molecule is CC1CCN(C(=O)Nc2cnccc2C(=O)O)CC1. The zero-order valence-corrected chi connectivity index (χ0v) is 10.8. The fourth-order valence-corrected chi connectivity index (χ4v) is 2.09. The highest BCUT2D eigenvalue weighted by molar-refractivity contribution is 5.99. The highest BCUT2D eigenvalue weighted by atomic mass is 16.4. The van der Waals surface area contributed by atoms with Crippen molar-refractivity contribution in [2.45, 2.75) is 19.8 Å². The summed E-state index contributed by atoms with van der Waals surface area (Å²) in [5.41, 5.74) is 0.285. The molecule has 2 rings (SSSR count). The fraction of sp³-hybridized carbons (Fsp3) is 0.462. The van der Waals surface area contributed by atoms with Gasteiger partial charge < -0.3 is 15.3 Å². The lowest BCUT2D eigenvalue weighted by atomic mass is 10.00. The van der Waals surface area contributed by atoms with Crippen molar-refractivity contribution in [2.75, 3.05) is 18.4 Å². The van der Waals surface area contributed by atoms with E-state index in [-0.39, 0.29) is 17.3 Å². The quantitative estimate of drug-likeness (QED) is 0.855. The van der Waals surface area contributed by atoms with Gasteiger partial charge in [-0.2, -0.15) is 0 Å². The number of amides is 2. The van der Waals surface area contributed by atoms with Gasteiger partial charge in [0.15, 0.2) is 0 Å². The van der Waals surface area contributed by atoms with Crippen molar-refractivity contribution in [2.24, 2.45) is 5.92 Å². The number of anilines is 1. The first-order valence-corrected chi connectivity index (χ1v) is 6.31. The maximum absolute atomic E-state index is 12.0. The van der Waals surface area contributed by atoms with Gasteiger partial charge in [-0.3, -0.25) is 4.98 Å². The predicted octanol–water partition coefficient (Wildman–Crippen LogP) is 2.04. The van der Waals surface area contributed by atoms with Gasteiger partial charge in [0.05, 0.1) is 17.4 Å². The van der Waals surface area contributed by atoms with Gasteiger partial charge in [-0.05, 0) is 24.8 Å². The molecule has 0 atom stereocenters. The van der Waals surface area contributed by atoms with E-state index >= 15 is 0 Å². The lowest BCUT2D eigenvalue weighted by molar-refractivity contribution is 0.0698. The largest absolute Gasteiger partial charge is 0.478 e. The zero-order valence-electron chi connectivity index (χ0n) is 10.8. The molecule has 0 aliphatic carbocycles. The first kappa shape index (κ1) is 13.3. The third-order valence-corrected chi connectivity index (χ3v) is 3.36. The Balaban J connectivity index is 2.05. The molecule has 2 N–H and O–H groups in total. The molecule has 1 aromatic heterocycles. The second kappa shape index (κ2) is 5.69. The average molecular weight is 263 g/mol. The first-order valence-electron chi connectivity index (χ1n) is 6.31. The smallest absolute Gasteiger partial charge is 0.337 e. The van der Waals surface area contributed by atoms with Crippen LogP contribution in [0.25, 0.3) is 0 Å². The summed E-state index contributed by atoms with van der Waals surface area (Å²) in [4.78, 5) is 28.6. The van der Waals surface area contributed by atoms with Crippen molar-refractivity contribution in [1.82, 2.24) is 9.88 Å². The number of aromatic nitrogens is 1.